The fourth-order valence-electron chi connectivity index (χ4n) is 3.18. The number of anilines is 2. The molecule has 0 N–H and O–H groups in total. The molecule has 2 aromatic heterocycles. The van der Waals surface area contributed by atoms with E-state index in [1.165, 1.54) is 6.07 Å². The summed E-state index contributed by atoms with van der Waals surface area (Å²) in [6.07, 6.45) is 1.79. The van der Waals surface area contributed by atoms with Crippen LogP contribution in [0, 0.1) is 17.0 Å². The van der Waals surface area contributed by atoms with Crippen molar-refractivity contribution >= 4 is 28.2 Å². The third-order valence-electron chi connectivity index (χ3n) is 4.56. The topological polar surface area (TPSA) is 88.3 Å². The number of nitro benzene ring substituents is 1. The number of aromatic nitrogens is 3. The Morgan fingerprint density at radius 2 is 1.65 bits per heavy atom. The van der Waals surface area contributed by atoms with Crippen molar-refractivity contribution in [3.8, 4) is 0 Å². The van der Waals surface area contributed by atoms with E-state index in [1.54, 1.807) is 18.3 Å². The van der Waals surface area contributed by atoms with Crippen molar-refractivity contribution in [2.75, 3.05) is 36.0 Å². The van der Waals surface area contributed by atoms with Crippen LogP contribution in [0.4, 0.5) is 17.3 Å². The number of nitrogens with zero attached hydrogens (tertiary/aromatic N) is 6. The highest BCUT2D eigenvalue weighted by Gasteiger charge is 2.19. The van der Waals surface area contributed by atoms with Gasteiger partial charge in [0.2, 0.25) is 0 Å². The van der Waals surface area contributed by atoms with Crippen molar-refractivity contribution in [3.63, 3.8) is 0 Å². The van der Waals surface area contributed by atoms with E-state index in [4.69, 9.17) is 0 Å². The van der Waals surface area contributed by atoms with Gasteiger partial charge in [-0.3, -0.25) is 10.1 Å². The highest BCUT2D eigenvalue weighted by atomic mass is 16.6. The Morgan fingerprint density at radius 3 is 2.31 bits per heavy atom. The molecule has 0 aliphatic carbocycles. The largest absolute Gasteiger partial charge is 0.353 e. The number of pyridine rings is 1. The van der Waals surface area contributed by atoms with Gasteiger partial charge >= 0.3 is 0 Å². The monoisotopic (exact) mass is 350 g/mol. The molecule has 0 amide bonds. The molecule has 3 heterocycles. The van der Waals surface area contributed by atoms with E-state index in [0.717, 1.165) is 54.5 Å². The van der Waals surface area contributed by atoms with Crippen LogP contribution in [-0.2, 0) is 0 Å². The maximum absolute atomic E-state index is 10.9. The van der Waals surface area contributed by atoms with Crippen LogP contribution in [0.3, 0.4) is 0 Å². The van der Waals surface area contributed by atoms with Gasteiger partial charge in [-0.15, -0.1) is 0 Å². The maximum atomic E-state index is 10.9. The van der Waals surface area contributed by atoms with Crippen molar-refractivity contribution in [1.29, 1.82) is 0 Å². The van der Waals surface area contributed by atoms with E-state index in [0.29, 0.717) is 0 Å². The lowest BCUT2D eigenvalue weighted by Gasteiger charge is -2.36. The third kappa shape index (κ3) is 3.13. The van der Waals surface area contributed by atoms with Gasteiger partial charge in [-0.1, -0.05) is 0 Å². The molecule has 0 atom stereocenters. The van der Waals surface area contributed by atoms with Crippen LogP contribution in [0.25, 0.3) is 10.9 Å². The molecule has 1 fully saturated rings. The number of fused-ring (bicyclic) bond motifs is 1. The van der Waals surface area contributed by atoms with Gasteiger partial charge in [0.05, 0.1) is 10.4 Å². The summed E-state index contributed by atoms with van der Waals surface area (Å²) < 4.78 is 0. The summed E-state index contributed by atoms with van der Waals surface area (Å²) in [5, 5.41) is 11.7. The predicted octanol–water partition coefficient (Wildman–Crippen LogP) is 2.57. The second-order valence-electron chi connectivity index (χ2n) is 6.24. The summed E-state index contributed by atoms with van der Waals surface area (Å²) in [4.78, 5) is 28.3. The molecule has 132 valence electrons. The fraction of sp³-hybridized carbons (Fsp3) is 0.278. The molecule has 0 unspecified atom stereocenters. The van der Waals surface area contributed by atoms with Crippen LogP contribution in [0.1, 0.15) is 5.82 Å². The summed E-state index contributed by atoms with van der Waals surface area (Å²) in [7, 11) is 0. The van der Waals surface area contributed by atoms with E-state index in [-0.39, 0.29) is 10.6 Å². The van der Waals surface area contributed by atoms with E-state index in [9.17, 15) is 10.1 Å². The predicted molar refractivity (Wildman–Crippen MR) is 99.6 cm³/mol. The number of hydrogen-bond donors (Lipinski definition) is 0. The lowest BCUT2D eigenvalue weighted by atomic mass is 10.2. The van der Waals surface area contributed by atoms with Crippen LogP contribution in [0.5, 0.6) is 0 Å². The molecule has 0 saturated carbocycles. The van der Waals surface area contributed by atoms with Crippen molar-refractivity contribution in [1.82, 2.24) is 15.0 Å². The Morgan fingerprint density at radius 1 is 0.962 bits per heavy atom. The van der Waals surface area contributed by atoms with Gasteiger partial charge in [-0.2, -0.15) is 0 Å². The molecule has 0 bridgehead atoms. The summed E-state index contributed by atoms with van der Waals surface area (Å²) >= 11 is 0. The molecule has 1 saturated heterocycles. The first-order chi connectivity index (χ1) is 12.6. The molecule has 4 rings (SSSR count). The number of rotatable bonds is 3. The first kappa shape index (κ1) is 16.2. The van der Waals surface area contributed by atoms with Crippen LogP contribution in [0.2, 0.25) is 0 Å². The lowest BCUT2D eigenvalue weighted by molar-refractivity contribution is -0.384. The number of aryl methyl sites for hydroxylation is 1. The van der Waals surface area contributed by atoms with Crippen LogP contribution in [0.15, 0.2) is 42.6 Å². The molecule has 8 nitrogen and oxygen atoms in total. The van der Waals surface area contributed by atoms with Gasteiger partial charge in [-0.05, 0) is 31.2 Å². The van der Waals surface area contributed by atoms with Crippen LogP contribution in [-0.4, -0.2) is 46.1 Å². The maximum Gasteiger partial charge on any atom is 0.270 e. The normalized spacial score (nSPS) is 14.7. The number of non-ortho nitro benzene ring substituents is 1. The molecule has 0 radical (unpaired) electrons. The molecule has 8 heteroatoms. The molecular weight excluding hydrogens is 332 g/mol. The van der Waals surface area contributed by atoms with Crippen molar-refractivity contribution < 1.29 is 4.92 Å². The Bertz CT molecular complexity index is 969. The SMILES string of the molecule is Cc1nccc(N2CCN(c3ccc4cc([N+](=O)[O-])ccc4n3)CC2)n1. The van der Waals surface area contributed by atoms with Gasteiger partial charge < -0.3 is 9.80 Å². The van der Waals surface area contributed by atoms with E-state index in [1.807, 2.05) is 25.1 Å². The van der Waals surface area contributed by atoms with Gasteiger partial charge in [0.25, 0.3) is 5.69 Å². The second kappa shape index (κ2) is 6.55. The van der Waals surface area contributed by atoms with Gasteiger partial charge in [0, 0.05) is 49.9 Å². The van der Waals surface area contributed by atoms with Gasteiger partial charge in [-0.25, -0.2) is 15.0 Å². The quantitative estimate of drug-likeness (QED) is 0.530. The standard InChI is InChI=1S/C18H18N6O2/c1-13-19-7-6-18(20-13)23-10-8-22(9-11-23)17-5-2-14-12-15(24(25)26)3-4-16(14)21-17/h2-7,12H,8-11H2,1H3. The lowest BCUT2D eigenvalue weighted by Crippen LogP contribution is -2.47. The Balaban J connectivity index is 1.50. The minimum atomic E-state index is -0.387. The van der Waals surface area contributed by atoms with Gasteiger partial charge in [0.1, 0.15) is 17.5 Å². The summed E-state index contributed by atoms with van der Waals surface area (Å²) in [5.41, 5.74) is 0.850. The number of piperazine rings is 1. The number of nitro groups is 1. The average Bonchev–Trinajstić information content (AvgIpc) is 2.67. The van der Waals surface area contributed by atoms with Crippen LogP contribution < -0.4 is 9.80 Å². The zero-order valence-electron chi connectivity index (χ0n) is 14.4. The number of hydrogen-bond acceptors (Lipinski definition) is 7. The first-order valence-corrected chi connectivity index (χ1v) is 8.45. The minimum Gasteiger partial charge on any atom is -0.353 e. The van der Waals surface area contributed by atoms with E-state index >= 15 is 0 Å². The van der Waals surface area contributed by atoms with Crippen molar-refractivity contribution in [3.05, 3.63) is 58.5 Å². The summed E-state index contributed by atoms with van der Waals surface area (Å²) in [6.45, 7) is 5.29. The van der Waals surface area contributed by atoms with E-state index in [2.05, 4.69) is 24.8 Å². The smallest absolute Gasteiger partial charge is 0.270 e. The third-order valence-corrected chi connectivity index (χ3v) is 4.56. The molecule has 1 aliphatic heterocycles. The molecule has 1 aromatic carbocycles. The Hall–Kier alpha value is -3.29. The zero-order chi connectivity index (χ0) is 18.1. The Labute approximate surface area is 150 Å². The van der Waals surface area contributed by atoms with Crippen LogP contribution >= 0.6 is 0 Å². The molecule has 3 aromatic rings. The first-order valence-electron chi connectivity index (χ1n) is 8.45. The average molecular weight is 350 g/mol. The highest BCUT2D eigenvalue weighted by molar-refractivity contribution is 5.82. The Kier molecular flexibility index (Phi) is 4.08. The molecule has 1 aliphatic rings. The van der Waals surface area contributed by atoms with Crippen molar-refractivity contribution in [2.45, 2.75) is 6.92 Å². The molecule has 0 spiro atoms. The summed E-state index contributed by atoms with van der Waals surface area (Å²) in [5.74, 6) is 2.62. The summed E-state index contributed by atoms with van der Waals surface area (Å²) in [6, 6.07) is 10.5. The second-order valence-corrected chi connectivity index (χ2v) is 6.24. The number of benzene rings is 1. The molecular formula is C18H18N6O2. The zero-order valence-corrected chi connectivity index (χ0v) is 14.4. The molecule has 26 heavy (non-hydrogen) atoms. The van der Waals surface area contributed by atoms with Gasteiger partial charge in [0.15, 0.2) is 0 Å². The van der Waals surface area contributed by atoms with E-state index < -0.39 is 0 Å². The minimum absolute atomic E-state index is 0.0841. The van der Waals surface area contributed by atoms with Crippen molar-refractivity contribution in [2.24, 2.45) is 0 Å². The fourth-order valence-corrected chi connectivity index (χ4v) is 3.18. The highest BCUT2D eigenvalue weighted by Crippen LogP contribution is 2.24.